The first-order valence-corrected chi connectivity index (χ1v) is 21.3. The highest BCUT2D eigenvalue weighted by molar-refractivity contribution is 6.43. The van der Waals surface area contributed by atoms with E-state index in [0.29, 0.717) is 37.7 Å². The second-order valence-electron chi connectivity index (χ2n) is 14.5. The van der Waals surface area contributed by atoms with Gasteiger partial charge in [-0.05, 0) is 126 Å². The highest BCUT2D eigenvalue weighted by atomic mass is 35.5. The Hall–Kier alpha value is -2.27. The summed E-state index contributed by atoms with van der Waals surface area (Å²) in [4.78, 5) is 19.9. The van der Waals surface area contributed by atoms with Crippen molar-refractivity contribution in [2.75, 3.05) is 40.3 Å². The zero-order chi connectivity index (χ0) is 40.8. The monoisotopic (exact) mass is 880 g/mol. The molecule has 0 spiro atoms. The van der Waals surface area contributed by atoms with Gasteiger partial charge < -0.3 is 31.1 Å². The molecular formula is C43H54Cl6N6O. The Balaban J connectivity index is 0.000000214. The molecule has 0 bridgehead atoms. The number of carbonyl (C=O) groups is 1. The van der Waals surface area contributed by atoms with Crippen LogP contribution in [0.1, 0.15) is 73.9 Å². The van der Waals surface area contributed by atoms with Crippen LogP contribution >= 0.6 is 69.6 Å². The summed E-state index contributed by atoms with van der Waals surface area (Å²) in [7, 11) is 4.29. The minimum absolute atomic E-state index is 0.0683. The predicted molar refractivity (Wildman–Crippen MR) is 239 cm³/mol. The van der Waals surface area contributed by atoms with E-state index in [1.54, 1.807) is 12.1 Å². The van der Waals surface area contributed by atoms with Crippen molar-refractivity contribution in [2.24, 2.45) is 5.73 Å². The molecule has 2 heterocycles. The lowest BCUT2D eigenvalue weighted by Gasteiger charge is -2.38. The first kappa shape index (κ1) is 46.4. The summed E-state index contributed by atoms with van der Waals surface area (Å²) in [5, 5.41) is 10.3. The van der Waals surface area contributed by atoms with Gasteiger partial charge in [0, 0.05) is 41.3 Å². The highest BCUT2D eigenvalue weighted by Gasteiger charge is 2.29. The molecule has 0 saturated carbocycles. The molecule has 6 rings (SSSR count). The lowest BCUT2D eigenvalue weighted by molar-refractivity contribution is 0.125. The van der Waals surface area contributed by atoms with Crippen molar-refractivity contribution in [3.05, 3.63) is 137 Å². The molecule has 0 aliphatic carbocycles. The van der Waals surface area contributed by atoms with Crippen LogP contribution in [-0.4, -0.2) is 73.1 Å². The fourth-order valence-electron chi connectivity index (χ4n) is 6.67. The van der Waals surface area contributed by atoms with E-state index < -0.39 is 0 Å². The Labute approximate surface area is 363 Å². The average Bonchev–Trinajstić information content (AvgIpc) is 3.18. The number of benzene rings is 4. The summed E-state index contributed by atoms with van der Waals surface area (Å²) in [5.41, 5.74) is 9.47. The normalized spacial score (nSPS) is 16.5. The van der Waals surface area contributed by atoms with Gasteiger partial charge in [-0.3, -0.25) is 0 Å². The van der Waals surface area contributed by atoms with E-state index in [1.807, 2.05) is 85.5 Å². The van der Waals surface area contributed by atoms with E-state index in [9.17, 15) is 4.79 Å². The summed E-state index contributed by atoms with van der Waals surface area (Å²) < 4.78 is 0. The molecule has 304 valence electrons. The number of halogens is 6. The van der Waals surface area contributed by atoms with Gasteiger partial charge in [0.15, 0.2) is 0 Å². The van der Waals surface area contributed by atoms with E-state index in [4.69, 9.17) is 75.3 Å². The molecule has 7 nitrogen and oxygen atoms in total. The van der Waals surface area contributed by atoms with Crippen molar-refractivity contribution in [1.29, 1.82) is 0 Å². The third kappa shape index (κ3) is 14.2. The first-order chi connectivity index (χ1) is 26.7. The minimum atomic E-state index is -0.270. The Kier molecular flexibility index (Phi) is 19.4. The van der Waals surface area contributed by atoms with Gasteiger partial charge in [0.2, 0.25) is 0 Å². The van der Waals surface area contributed by atoms with Crippen molar-refractivity contribution in [3.8, 4) is 0 Å². The lowest BCUT2D eigenvalue weighted by Crippen LogP contribution is -2.50. The zero-order valence-corrected chi connectivity index (χ0v) is 37.1. The van der Waals surface area contributed by atoms with Crippen LogP contribution in [0.2, 0.25) is 30.1 Å². The van der Waals surface area contributed by atoms with Crippen LogP contribution < -0.4 is 16.4 Å². The molecule has 56 heavy (non-hydrogen) atoms. The summed E-state index contributed by atoms with van der Waals surface area (Å²) in [5.74, 6) is 0. The topological polar surface area (TPSA) is 76.9 Å². The average molecular weight is 884 g/mol. The van der Waals surface area contributed by atoms with Gasteiger partial charge in [-0.15, -0.1) is 0 Å². The fourth-order valence-corrected chi connectivity index (χ4v) is 8.01. The molecule has 0 radical (unpaired) electrons. The molecule has 4 aromatic rings. The summed E-state index contributed by atoms with van der Waals surface area (Å²) >= 11 is 36.6. The van der Waals surface area contributed by atoms with Gasteiger partial charge in [0.1, 0.15) is 0 Å². The molecule has 2 unspecified atom stereocenters. The van der Waals surface area contributed by atoms with Gasteiger partial charge in [-0.25, -0.2) is 4.79 Å². The van der Waals surface area contributed by atoms with Crippen molar-refractivity contribution >= 4 is 75.6 Å². The van der Waals surface area contributed by atoms with E-state index >= 15 is 0 Å². The molecule has 2 saturated heterocycles. The van der Waals surface area contributed by atoms with Gasteiger partial charge in [0.25, 0.3) is 0 Å². The number of rotatable bonds is 9. The van der Waals surface area contributed by atoms with Gasteiger partial charge in [-0.1, -0.05) is 130 Å². The second-order valence-corrected chi connectivity index (χ2v) is 16.9. The molecule has 2 aliphatic rings. The molecule has 2 atom stereocenters. The maximum absolute atomic E-state index is 13.3. The number of carbonyl (C=O) groups excluding carboxylic acids is 1. The Morgan fingerprint density at radius 1 is 0.679 bits per heavy atom. The van der Waals surface area contributed by atoms with Crippen molar-refractivity contribution < 1.29 is 4.79 Å². The molecule has 4 aromatic carbocycles. The number of nitrogens with zero attached hydrogens (tertiary/aromatic N) is 3. The molecule has 2 fully saturated rings. The Morgan fingerprint density at radius 2 is 1.14 bits per heavy atom. The van der Waals surface area contributed by atoms with Crippen LogP contribution in [0.4, 0.5) is 4.79 Å². The van der Waals surface area contributed by atoms with Crippen LogP contribution in [0.3, 0.4) is 0 Å². The largest absolute Gasteiger partial charge is 0.331 e. The van der Waals surface area contributed by atoms with Crippen molar-refractivity contribution in [2.45, 2.75) is 76.8 Å². The van der Waals surface area contributed by atoms with Crippen LogP contribution in [0.25, 0.3) is 0 Å². The lowest BCUT2D eigenvalue weighted by atomic mass is 10.0. The van der Waals surface area contributed by atoms with Crippen LogP contribution in [0, 0.1) is 0 Å². The van der Waals surface area contributed by atoms with E-state index in [0.717, 1.165) is 54.2 Å². The zero-order valence-electron chi connectivity index (χ0n) is 32.6. The van der Waals surface area contributed by atoms with Gasteiger partial charge in [0.05, 0.1) is 26.1 Å². The SMILES string of the molecule is CC(N)c1cccc(Cl)c1Cl.CC(NC(=O)N(Cc1ccccc1Cl)C1CCN(C)CC1)c1cccc(Cl)c1Cl.CN1CCC(NCc2ccccc2Cl)CC1. The van der Waals surface area contributed by atoms with E-state index in [-0.39, 0.29) is 24.2 Å². The van der Waals surface area contributed by atoms with E-state index in [1.165, 1.54) is 31.5 Å². The fraction of sp³-hybridized carbons (Fsp3) is 0.419. The molecule has 2 amide bonds. The Morgan fingerprint density at radius 3 is 1.66 bits per heavy atom. The van der Waals surface area contributed by atoms with Gasteiger partial charge >= 0.3 is 6.03 Å². The van der Waals surface area contributed by atoms with Crippen molar-refractivity contribution in [3.63, 3.8) is 0 Å². The third-order valence-electron chi connectivity index (χ3n) is 10.2. The smallest absolute Gasteiger partial charge is 0.318 e. The number of likely N-dealkylation sites (tertiary alicyclic amines) is 2. The van der Waals surface area contributed by atoms with Gasteiger partial charge in [-0.2, -0.15) is 0 Å². The summed E-state index contributed by atoms with van der Waals surface area (Å²) in [6, 6.07) is 27.0. The molecule has 0 aromatic heterocycles. The van der Waals surface area contributed by atoms with Crippen LogP contribution in [-0.2, 0) is 13.1 Å². The maximum Gasteiger partial charge on any atom is 0.318 e. The molecule has 2 aliphatic heterocycles. The second kappa shape index (κ2) is 23.4. The molecular weight excluding hydrogens is 829 g/mol. The number of hydrogen-bond donors (Lipinski definition) is 3. The molecule has 4 N–H and O–H groups in total. The molecule has 13 heteroatoms. The highest BCUT2D eigenvalue weighted by Crippen LogP contribution is 2.31. The van der Waals surface area contributed by atoms with Crippen LogP contribution in [0.5, 0.6) is 0 Å². The number of urea groups is 1. The number of nitrogens with two attached hydrogens (primary N) is 1. The quantitative estimate of drug-likeness (QED) is 0.156. The van der Waals surface area contributed by atoms with Crippen molar-refractivity contribution in [1.82, 2.24) is 25.3 Å². The predicted octanol–water partition coefficient (Wildman–Crippen LogP) is 11.6. The third-order valence-corrected chi connectivity index (χ3v) is 12.6. The summed E-state index contributed by atoms with van der Waals surface area (Å²) in [6.45, 7) is 9.46. The maximum atomic E-state index is 13.3. The Bertz CT molecular complexity index is 1830. The van der Waals surface area contributed by atoms with Crippen LogP contribution in [0.15, 0.2) is 84.9 Å². The summed E-state index contributed by atoms with van der Waals surface area (Å²) in [6.07, 6.45) is 4.34. The number of hydrogen-bond acceptors (Lipinski definition) is 5. The minimum Gasteiger partial charge on any atom is -0.331 e. The van der Waals surface area contributed by atoms with E-state index in [2.05, 4.69) is 40.6 Å². The number of amides is 2. The number of piperidine rings is 2. The first-order valence-electron chi connectivity index (χ1n) is 19.0. The standard InChI is InChI=1S/C22H26Cl3N3O.C13H19ClN2.C8H9Cl2N/c1-15(18-7-5-9-20(24)21(18)25)26-22(29)28(17-10-12-27(2)13-11-17)14-16-6-3-4-8-19(16)23;1-16-8-6-12(7-9-16)15-10-11-4-2-3-5-13(11)14;1-5(11)6-3-2-4-7(9)8(6)10/h3-9,15,17H,10-14H2,1-2H3,(H,26,29);2-5,12,15H,6-10H2,1H3;2-5H,11H2,1H3. The number of nitrogens with one attached hydrogen (secondary N) is 2.